The molecule has 0 radical (unpaired) electrons. The van der Waals surface area contributed by atoms with Gasteiger partial charge in [-0.3, -0.25) is 9.78 Å². The Bertz CT molecular complexity index is 286. The molecule has 0 aliphatic rings. The van der Waals surface area contributed by atoms with Gasteiger partial charge in [0.2, 0.25) is 0 Å². The molecule has 0 spiro atoms. The number of hydrogen-bond acceptors (Lipinski definition) is 6. The van der Waals surface area contributed by atoms with Crippen molar-refractivity contribution in [3.8, 4) is 0 Å². The summed E-state index contributed by atoms with van der Waals surface area (Å²) < 4.78 is 0. The van der Waals surface area contributed by atoms with E-state index in [4.69, 9.17) is 9.78 Å². The molecular weight excluding hydrogens is 240 g/mol. The normalized spacial score (nSPS) is 12.6. The summed E-state index contributed by atoms with van der Waals surface area (Å²) in [7, 11) is 0. The summed E-state index contributed by atoms with van der Waals surface area (Å²) in [5.74, 6) is -1.62. The van der Waals surface area contributed by atoms with Crippen molar-refractivity contribution in [1.82, 2.24) is 0 Å². The van der Waals surface area contributed by atoms with E-state index >= 15 is 0 Å². The maximum absolute atomic E-state index is 11.1. The van der Waals surface area contributed by atoms with Crippen molar-refractivity contribution < 1.29 is 29.1 Å². The second-order valence-electron chi connectivity index (χ2n) is 5.53. The highest BCUT2D eigenvalue weighted by Crippen LogP contribution is 2.08. The van der Waals surface area contributed by atoms with E-state index in [1.807, 2.05) is 0 Å². The van der Waals surface area contributed by atoms with Crippen LogP contribution in [0.5, 0.6) is 0 Å². The Morgan fingerprint density at radius 3 is 1.22 bits per heavy atom. The van der Waals surface area contributed by atoms with Crippen molar-refractivity contribution in [1.29, 1.82) is 0 Å². The van der Waals surface area contributed by atoms with Gasteiger partial charge in [0.15, 0.2) is 0 Å². The van der Waals surface area contributed by atoms with Crippen molar-refractivity contribution in [2.45, 2.75) is 52.7 Å². The lowest BCUT2D eigenvalue weighted by Gasteiger charge is -2.16. The van der Waals surface area contributed by atoms with E-state index in [0.29, 0.717) is 0 Å². The first-order chi connectivity index (χ1) is 7.99. The van der Waals surface area contributed by atoms with Gasteiger partial charge in [0.1, 0.15) is 11.2 Å². The summed E-state index contributed by atoms with van der Waals surface area (Å²) in [5, 5.41) is 0. The van der Waals surface area contributed by atoms with Crippen LogP contribution in [0.4, 0.5) is 0 Å². The maximum atomic E-state index is 11.1. The molecule has 18 heavy (non-hydrogen) atoms. The molecule has 6 heteroatoms. The second kappa shape index (κ2) is 6.51. The zero-order valence-electron chi connectivity index (χ0n) is 11.6. The minimum Gasteiger partial charge on any atom is -0.293 e. The van der Waals surface area contributed by atoms with E-state index in [9.17, 15) is 9.59 Å². The lowest BCUT2D eigenvalue weighted by Crippen LogP contribution is -2.22. The van der Waals surface area contributed by atoms with Gasteiger partial charge in [0, 0.05) is 12.2 Å². The van der Waals surface area contributed by atoms with Crippen LogP contribution < -0.4 is 0 Å². The van der Waals surface area contributed by atoms with Gasteiger partial charge in [-0.2, -0.15) is 9.78 Å². The van der Waals surface area contributed by atoms with Crippen molar-refractivity contribution in [3.63, 3.8) is 0 Å². The fourth-order valence-corrected chi connectivity index (χ4v) is 0.524. The fourth-order valence-electron chi connectivity index (χ4n) is 0.524. The standard InChI is InChI=1S/C12H20O6/c1-11(2,3)17-15-9(13)7-8-10(14)16-18-12(4,5)6/h7-8H,1-6H3/b8-7-. The van der Waals surface area contributed by atoms with Crippen LogP contribution in [0, 0.1) is 0 Å². The summed E-state index contributed by atoms with van der Waals surface area (Å²) in [6.45, 7) is 10.3. The molecule has 0 aliphatic heterocycles. The molecule has 0 bridgehead atoms. The van der Waals surface area contributed by atoms with Crippen LogP contribution in [-0.4, -0.2) is 23.1 Å². The van der Waals surface area contributed by atoms with E-state index < -0.39 is 23.1 Å². The number of rotatable bonds is 4. The highest BCUT2D eigenvalue weighted by Gasteiger charge is 2.15. The minimum absolute atomic E-state index is 0.612. The van der Waals surface area contributed by atoms with Gasteiger partial charge < -0.3 is 0 Å². The summed E-state index contributed by atoms with van der Waals surface area (Å²) in [5.41, 5.74) is -1.22. The average Bonchev–Trinajstić information content (AvgIpc) is 2.18. The highest BCUT2D eigenvalue weighted by atomic mass is 17.2. The molecule has 104 valence electrons. The lowest BCUT2D eigenvalue weighted by molar-refractivity contribution is -0.317. The first-order valence-corrected chi connectivity index (χ1v) is 5.47. The Balaban J connectivity index is 4.00. The number of carbonyl (C=O) groups excluding carboxylic acids is 2. The largest absolute Gasteiger partial charge is 0.366 e. The van der Waals surface area contributed by atoms with Crippen LogP contribution in [0.15, 0.2) is 12.2 Å². The molecule has 0 fully saturated rings. The third-order valence-electron chi connectivity index (χ3n) is 1.10. The molecule has 0 aromatic heterocycles. The third-order valence-corrected chi connectivity index (χ3v) is 1.10. The van der Waals surface area contributed by atoms with Gasteiger partial charge >= 0.3 is 11.9 Å². The molecule has 6 nitrogen and oxygen atoms in total. The van der Waals surface area contributed by atoms with Crippen molar-refractivity contribution in [2.75, 3.05) is 0 Å². The van der Waals surface area contributed by atoms with E-state index in [-0.39, 0.29) is 0 Å². The highest BCUT2D eigenvalue weighted by molar-refractivity contribution is 5.91. The summed E-state index contributed by atoms with van der Waals surface area (Å²) in [6.07, 6.45) is 1.78. The molecule has 0 aromatic carbocycles. The van der Waals surface area contributed by atoms with Crippen LogP contribution in [0.1, 0.15) is 41.5 Å². The fraction of sp³-hybridized carbons (Fsp3) is 0.667. The number of hydrogen-bond donors (Lipinski definition) is 0. The van der Waals surface area contributed by atoms with Gasteiger partial charge in [-0.05, 0) is 41.5 Å². The monoisotopic (exact) mass is 260 g/mol. The van der Waals surface area contributed by atoms with E-state index in [0.717, 1.165) is 12.2 Å². The van der Waals surface area contributed by atoms with E-state index in [1.54, 1.807) is 41.5 Å². The zero-order valence-corrected chi connectivity index (χ0v) is 11.6. The Kier molecular flexibility index (Phi) is 6.00. The maximum Gasteiger partial charge on any atom is 0.366 e. The minimum atomic E-state index is -0.808. The van der Waals surface area contributed by atoms with Crippen LogP contribution in [0.3, 0.4) is 0 Å². The second-order valence-corrected chi connectivity index (χ2v) is 5.53. The molecule has 0 unspecified atom stereocenters. The molecule has 0 N–H and O–H groups in total. The molecule has 0 heterocycles. The van der Waals surface area contributed by atoms with Crippen molar-refractivity contribution >= 4 is 11.9 Å². The van der Waals surface area contributed by atoms with E-state index in [1.165, 1.54) is 0 Å². The molecular formula is C12H20O6. The molecule has 0 atom stereocenters. The van der Waals surface area contributed by atoms with Gasteiger partial charge in [0.25, 0.3) is 0 Å². The Hall–Kier alpha value is -1.40. The number of carbonyl (C=O) groups is 2. The summed E-state index contributed by atoms with van der Waals surface area (Å²) in [6, 6.07) is 0. The Morgan fingerprint density at radius 1 is 0.722 bits per heavy atom. The van der Waals surface area contributed by atoms with Crippen molar-refractivity contribution in [2.24, 2.45) is 0 Å². The molecule has 0 saturated carbocycles. The first-order valence-electron chi connectivity index (χ1n) is 5.47. The summed E-state index contributed by atoms with van der Waals surface area (Å²) >= 11 is 0. The SMILES string of the molecule is CC(C)(C)OOC(=O)/C=C\C(=O)OOC(C)(C)C. The van der Waals surface area contributed by atoms with Crippen LogP contribution >= 0.6 is 0 Å². The topological polar surface area (TPSA) is 71.1 Å². The van der Waals surface area contributed by atoms with Crippen LogP contribution in [0.2, 0.25) is 0 Å². The predicted molar refractivity (Wildman–Crippen MR) is 63.0 cm³/mol. The zero-order chi connectivity index (χ0) is 14.4. The third kappa shape index (κ3) is 11.1. The predicted octanol–water partition coefficient (Wildman–Crippen LogP) is 2.09. The molecule has 0 saturated heterocycles. The molecule has 0 aromatic rings. The Labute approximate surface area is 107 Å². The quantitative estimate of drug-likeness (QED) is 0.438. The van der Waals surface area contributed by atoms with Crippen LogP contribution in [0.25, 0.3) is 0 Å². The van der Waals surface area contributed by atoms with Gasteiger partial charge in [-0.15, -0.1) is 0 Å². The molecule has 0 amide bonds. The molecule has 0 rings (SSSR count). The van der Waals surface area contributed by atoms with Crippen molar-refractivity contribution in [3.05, 3.63) is 12.2 Å². The first kappa shape index (κ1) is 16.6. The van der Waals surface area contributed by atoms with Gasteiger partial charge in [-0.25, -0.2) is 9.59 Å². The smallest absolute Gasteiger partial charge is 0.293 e. The Morgan fingerprint density at radius 2 is 1.00 bits per heavy atom. The van der Waals surface area contributed by atoms with Crippen LogP contribution in [-0.2, 0) is 29.1 Å². The summed E-state index contributed by atoms with van der Waals surface area (Å²) in [4.78, 5) is 40.6. The van der Waals surface area contributed by atoms with Gasteiger partial charge in [-0.1, -0.05) is 0 Å². The average molecular weight is 260 g/mol. The van der Waals surface area contributed by atoms with E-state index in [2.05, 4.69) is 9.78 Å². The van der Waals surface area contributed by atoms with Gasteiger partial charge in [0.05, 0.1) is 0 Å². The lowest BCUT2D eigenvalue weighted by atomic mass is 10.2. The molecule has 0 aliphatic carbocycles.